The molecule has 2 fully saturated rings. The first kappa shape index (κ1) is 23.8. The number of amides is 1. The SMILES string of the molecule is Cc1ccc(OC[C@@H]2CCN2C)cc1C(=O)NC1(c2cc(-c3ccc4ncnn4c3)cc3ncccc23)CC1.[HH]. The van der Waals surface area contributed by atoms with Gasteiger partial charge in [0.1, 0.15) is 18.7 Å². The summed E-state index contributed by atoms with van der Waals surface area (Å²) < 4.78 is 7.83. The summed E-state index contributed by atoms with van der Waals surface area (Å²) in [5.41, 5.74) is 5.97. The maximum absolute atomic E-state index is 13.7. The molecule has 0 spiro atoms. The Balaban J connectivity index is 0.00000289. The fourth-order valence-corrected chi connectivity index (χ4v) is 5.51. The second-order valence-corrected chi connectivity index (χ2v) is 10.8. The van der Waals surface area contributed by atoms with Gasteiger partial charge in [0.2, 0.25) is 0 Å². The summed E-state index contributed by atoms with van der Waals surface area (Å²) >= 11 is 0. The molecule has 1 N–H and O–H groups in total. The first-order valence-corrected chi connectivity index (χ1v) is 13.4. The molecule has 39 heavy (non-hydrogen) atoms. The van der Waals surface area contributed by atoms with E-state index in [0.717, 1.165) is 70.4 Å². The number of hydrogen-bond donors (Lipinski definition) is 1. The molecule has 0 radical (unpaired) electrons. The third-order valence-electron chi connectivity index (χ3n) is 8.28. The number of nitrogens with one attached hydrogen (secondary N) is 1. The minimum absolute atomic E-state index is 0. The summed E-state index contributed by atoms with van der Waals surface area (Å²) in [6, 6.07) is 18.6. The van der Waals surface area contributed by atoms with E-state index < -0.39 is 5.54 Å². The van der Waals surface area contributed by atoms with Crippen LogP contribution >= 0.6 is 0 Å². The lowest BCUT2D eigenvalue weighted by molar-refractivity contribution is 0.0767. The molecule has 8 nitrogen and oxygen atoms in total. The molecule has 1 amide bonds. The molecule has 198 valence electrons. The number of ether oxygens (including phenoxy) is 1. The fraction of sp³-hybridized carbons (Fsp3) is 0.290. The molecular formula is C31H32N6O2. The zero-order chi connectivity index (χ0) is 26.6. The number of aromatic nitrogens is 4. The summed E-state index contributed by atoms with van der Waals surface area (Å²) in [7, 11) is 2.11. The number of likely N-dealkylation sites (N-methyl/N-ethyl adjacent to an activating group) is 1. The largest absolute Gasteiger partial charge is 0.492 e. The van der Waals surface area contributed by atoms with Gasteiger partial charge >= 0.3 is 0 Å². The van der Waals surface area contributed by atoms with Gasteiger partial charge < -0.3 is 10.1 Å². The Labute approximate surface area is 228 Å². The molecule has 3 aromatic heterocycles. The minimum atomic E-state index is -0.441. The molecule has 2 aromatic carbocycles. The number of nitrogens with zero attached hydrogens (tertiary/aromatic N) is 5. The van der Waals surface area contributed by atoms with E-state index in [2.05, 4.69) is 50.5 Å². The van der Waals surface area contributed by atoms with Gasteiger partial charge in [0.25, 0.3) is 5.91 Å². The van der Waals surface area contributed by atoms with Crippen molar-refractivity contribution < 1.29 is 11.0 Å². The van der Waals surface area contributed by atoms with Crippen molar-refractivity contribution in [2.45, 2.75) is 37.8 Å². The summed E-state index contributed by atoms with van der Waals surface area (Å²) in [6.07, 6.45) is 8.23. The average Bonchev–Trinajstić information content (AvgIpc) is 3.57. The summed E-state index contributed by atoms with van der Waals surface area (Å²) in [4.78, 5) is 24.9. The van der Waals surface area contributed by atoms with E-state index in [-0.39, 0.29) is 7.33 Å². The smallest absolute Gasteiger partial charge is 0.252 e. The van der Waals surface area contributed by atoms with E-state index in [4.69, 9.17) is 4.74 Å². The van der Waals surface area contributed by atoms with E-state index in [1.807, 2.05) is 55.7 Å². The van der Waals surface area contributed by atoms with Crippen LogP contribution in [0, 0.1) is 6.92 Å². The number of hydrogen-bond acceptors (Lipinski definition) is 6. The zero-order valence-electron chi connectivity index (χ0n) is 22.1. The van der Waals surface area contributed by atoms with Crippen LogP contribution in [0.3, 0.4) is 0 Å². The van der Waals surface area contributed by atoms with Crippen LogP contribution in [0.25, 0.3) is 27.7 Å². The van der Waals surface area contributed by atoms with Crippen molar-refractivity contribution in [3.8, 4) is 16.9 Å². The van der Waals surface area contributed by atoms with E-state index >= 15 is 0 Å². The van der Waals surface area contributed by atoms with Crippen LogP contribution in [0.5, 0.6) is 5.75 Å². The average molecular weight is 521 g/mol. The monoisotopic (exact) mass is 520 g/mol. The van der Waals surface area contributed by atoms with Gasteiger partial charge in [-0.2, -0.15) is 5.10 Å². The van der Waals surface area contributed by atoms with Crippen molar-refractivity contribution in [1.82, 2.24) is 29.8 Å². The van der Waals surface area contributed by atoms with Gasteiger partial charge in [0.15, 0.2) is 5.65 Å². The highest BCUT2D eigenvalue weighted by Crippen LogP contribution is 2.49. The Morgan fingerprint density at radius 2 is 2.03 bits per heavy atom. The molecule has 2 aliphatic rings. The van der Waals surface area contributed by atoms with Gasteiger partial charge in [-0.3, -0.25) is 14.7 Å². The number of benzene rings is 2. The van der Waals surface area contributed by atoms with Crippen LogP contribution < -0.4 is 10.1 Å². The highest BCUT2D eigenvalue weighted by molar-refractivity contribution is 5.98. The molecule has 8 heteroatoms. The van der Waals surface area contributed by atoms with Crippen LogP contribution in [-0.2, 0) is 5.54 Å². The molecule has 1 saturated carbocycles. The first-order valence-electron chi connectivity index (χ1n) is 13.4. The minimum Gasteiger partial charge on any atom is -0.492 e. The maximum Gasteiger partial charge on any atom is 0.252 e. The molecule has 1 aliphatic carbocycles. The van der Waals surface area contributed by atoms with Gasteiger partial charge in [0.05, 0.1) is 11.1 Å². The molecule has 1 saturated heterocycles. The van der Waals surface area contributed by atoms with Crippen LogP contribution in [0.2, 0.25) is 0 Å². The van der Waals surface area contributed by atoms with Gasteiger partial charge in [-0.15, -0.1) is 0 Å². The summed E-state index contributed by atoms with van der Waals surface area (Å²) in [6.45, 7) is 3.72. The van der Waals surface area contributed by atoms with E-state index in [1.165, 1.54) is 0 Å². The van der Waals surface area contributed by atoms with Crippen LogP contribution in [0.15, 0.2) is 73.3 Å². The van der Waals surface area contributed by atoms with Crippen molar-refractivity contribution in [2.75, 3.05) is 20.2 Å². The Morgan fingerprint density at radius 3 is 2.82 bits per heavy atom. The first-order chi connectivity index (χ1) is 19.0. The van der Waals surface area contributed by atoms with Crippen LogP contribution in [-0.4, -0.2) is 56.6 Å². The number of carbonyl (C=O) groups excluding carboxylic acids is 1. The lowest BCUT2D eigenvalue weighted by Crippen LogP contribution is -2.48. The van der Waals surface area contributed by atoms with Crippen molar-refractivity contribution >= 4 is 22.5 Å². The molecule has 7 rings (SSSR count). The Kier molecular flexibility index (Phi) is 5.59. The van der Waals surface area contributed by atoms with E-state index in [0.29, 0.717) is 18.2 Å². The number of rotatable bonds is 7. The highest BCUT2D eigenvalue weighted by Gasteiger charge is 2.47. The second kappa shape index (κ2) is 9.17. The Bertz CT molecular complexity index is 1730. The van der Waals surface area contributed by atoms with Gasteiger partial charge in [-0.05, 0) is 98.9 Å². The number of pyridine rings is 2. The zero-order valence-corrected chi connectivity index (χ0v) is 22.1. The second-order valence-electron chi connectivity index (χ2n) is 10.8. The molecule has 1 atom stereocenters. The van der Waals surface area contributed by atoms with E-state index in [9.17, 15) is 4.79 Å². The van der Waals surface area contributed by atoms with Crippen molar-refractivity contribution in [3.05, 3.63) is 90.0 Å². The van der Waals surface area contributed by atoms with Gasteiger partial charge in [-0.1, -0.05) is 12.1 Å². The quantitative estimate of drug-likeness (QED) is 0.325. The van der Waals surface area contributed by atoms with Crippen LogP contribution in [0.4, 0.5) is 0 Å². The summed E-state index contributed by atoms with van der Waals surface area (Å²) in [5, 5.41) is 8.75. The fourth-order valence-electron chi connectivity index (χ4n) is 5.51. The van der Waals surface area contributed by atoms with Crippen LogP contribution in [0.1, 0.15) is 42.2 Å². The number of carbonyl (C=O) groups is 1. The number of aryl methyl sites for hydroxylation is 1. The predicted molar refractivity (Wildman–Crippen MR) is 152 cm³/mol. The molecule has 0 bridgehead atoms. The normalized spacial score (nSPS) is 18.2. The van der Waals surface area contributed by atoms with Crippen molar-refractivity contribution in [2.24, 2.45) is 0 Å². The maximum atomic E-state index is 13.7. The topological polar surface area (TPSA) is 84.6 Å². The standard InChI is InChI=1S/C31H30N6O2.H2/c1-20-5-7-24(39-18-23-9-13-36(23)2)16-26(20)30(38)35-31(10-11-31)27-14-22(15-28-25(27)4-3-12-32-28)21-6-8-29-33-19-34-37(29)17-21;/h3-8,12,14-17,19,23H,9-11,13,18H2,1-2H3,(H,35,38);1H/t23-;/m0./s1. The molecule has 0 unspecified atom stereocenters. The summed E-state index contributed by atoms with van der Waals surface area (Å²) in [5.74, 6) is 0.652. The van der Waals surface area contributed by atoms with Crippen molar-refractivity contribution in [1.29, 1.82) is 0 Å². The van der Waals surface area contributed by atoms with Gasteiger partial charge in [-0.25, -0.2) is 9.50 Å². The predicted octanol–water partition coefficient (Wildman–Crippen LogP) is 5.00. The Hall–Kier alpha value is -4.30. The third kappa shape index (κ3) is 4.30. The highest BCUT2D eigenvalue weighted by atomic mass is 16.5. The molecule has 4 heterocycles. The number of likely N-dealkylation sites (tertiary alicyclic amines) is 1. The van der Waals surface area contributed by atoms with Crippen molar-refractivity contribution in [3.63, 3.8) is 0 Å². The van der Waals surface area contributed by atoms with E-state index in [1.54, 1.807) is 10.8 Å². The molecular weight excluding hydrogens is 488 g/mol. The van der Waals surface area contributed by atoms with Gasteiger partial charge in [0, 0.05) is 36.4 Å². The lowest BCUT2D eigenvalue weighted by Gasteiger charge is -2.37. The molecule has 5 aromatic rings. The Morgan fingerprint density at radius 1 is 1.13 bits per heavy atom. The third-order valence-corrected chi connectivity index (χ3v) is 8.28. The number of fused-ring (bicyclic) bond motifs is 2. The lowest BCUT2D eigenvalue weighted by atomic mass is 9.93. The molecule has 1 aliphatic heterocycles.